The average molecular weight is 340 g/mol. The van der Waals surface area contributed by atoms with Crippen LogP contribution in [0.15, 0.2) is 12.4 Å². The first-order valence-electron chi connectivity index (χ1n) is 8.10. The Kier molecular flexibility index (Phi) is 4.84. The number of hydrogen-bond acceptors (Lipinski definition) is 6. The molecule has 0 spiro atoms. The van der Waals surface area contributed by atoms with Crippen molar-refractivity contribution in [2.45, 2.75) is 25.9 Å². The lowest BCUT2D eigenvalue weighted by molar-refractivity contribution is -0.00164. The highest BCUT2D eigenvalue weighted by Crippen LogP contribution is 2.26. The third-order valence-corrected chi connectivity index (χ3v) is 5.93. The maximum atomic E-state index is 11.7. The number of nitrogens with zero attached hydrogens (tertiary/aromatic N) is 4. The Hall–Kier alpha value is -1.25. The number of anilines is 1. The van der Waals surface area contributed by atoms with Gasteiger partial charge in [0.15, 0.2) is 0 Å². The third kappa shape index (κ3) is 3.81. The molecule has 0 N–H and O–H groups in total. The van der Waals surface area contributed by atoms with Crippen LogP contribution >= 0.6 is 0 Å². The van der Waals surface area contributed by atoms with E-state index in [-0.39, 0.29) is 6.10 Å². The minimum atomic E-state index is -3.15. The van der Waals surface area contributed by atoms with Gasteiger partial charge in [-0.1, -0.05) is 6.92 Å². The molecule has 1 aromatic heterocycles. The Morgan fingerprint density at radius 1 is 1.26 bits per heavy atom. The van der Waals surface area contributed by atoms with Crippen LogP contribution in [0, 0.1) is 5.92 Å². The fraction of sp³-hybridized carbons (Fsp3) is 0.733. The number of fused-ring (bicyclic) bond motifs is 1. The lowest BCUT2D eigenvalue weighted by atomic mass is 9.94. The van der Waals surface area contributed by atoms with E-state index < -0.39 is 10.0 Å². The molecule has 2 aliphatic heterocycles. The molecule has 0 amide bonds. The minimum Gasteiger partial charge on any atom is -0.375 e. The molecule has 0 radical (unpaired) electrons. The van der Waals surface area contributed by atoms with Gasteiger partial charge in [0, 0.05) is 44.5 Å². The Morgan fingerprint density at radius 3 is 2.65 bits per heavy atom. The highest BCUT2D eigenvalue weighted by atomic mass is 32.2. The zero-order chi connectivity index (χ0) is 16.4. The number of sulfonamides is 1. The van der Waals surface area contributed by atoms with Crippen LogP contribution in [0.25, 0.3) is 0 Å². The molecule has 0 bridgehead atoms. The van der Waals surface area contributed by atoms with Crippen molar-refractivity contribution in [3.63, 3.8) is 0 Å². The summed E-state index contributed by atoms with van der Waals surface area (Å²) in [7, 11) is -3.15. The van der Waals surface area contributed by atoms with E-state index in [0.717, 1.165) is 37.4 Å². The van der Waals surface area contributed by atoms with E-state index in [0.29, 0.717) is 25.6 Å². The van der Waals surface area contributed by atoms with E-state index in [1.807, 2.05) is 12.4 Å². The molecule has 0 unspecified atom stereocenters. The average Bonchev–Trinajstić information content (AvgIpc) is 2.75. The van der Waals surface area contributed by atoms with Crippen molar-refractivity contribution >= 4 is 16.0 Å². The van der Waals surface area contributed by atoms with Crippen LogP contribution in [-0.2, 0) is 21.2 Å². The zero-order valence-electron chi connectivity index (χ0n) is 13.7. The van der Waals surface area contributed by atoms with Gasteiger partial charge in [0.25, 0.3) is 0 Å². The van der Waals surface area contributed by atoms with Gasteiger partial charge in [-0.3, -0.25) is 0 Å². The van der Waals surface area contributed by atoms with Crippen molar-refractivity contribution in [1.29, 1.82) is 0 Å². The van der Waals surface area contributed by atoms with E-state index in [9.17, 15) is 8.42 Å². The zero-order valence-corrected chi connectivity index (χ0v) is 14.5. The lowest BCUT2D eigenvalue weighted by Gasteiger charge is -2.36. The van der Waals surface area contributed by atoms with Crippen LogP contribution in [0.1, 0.15) is 18.9 Å². The molecule has 2 saturated heterocycles. The fourth-order valence-electron chi connectivity index (χ4n) is 3.20. The summed E-state index contributed by atoms with van der Waals surface area (Å²) in [4.78, 5) is 11.1. The number of ether oxygens (including phenoxy) is 1. The molecule has 0 saturated carbocycles. The maximum absolute atomic E-state index is 11.7. The molecule has 2 fully saturated rings. The Labute approximate surface area is 137 Å². The Balaban J connectivity index is 1.70. The van der Waals surface area contributed by atoms with Gasteiger partial charge in [0.2, 0.25) is 16.0 Å². The Morgan fingerprint density at radius 2 is 2.00 bits per heavy atom. The molecular weight excluding hydrogens is 316 g/mol. The number of piperidine rings is 1. The molecule has 2 aliphatic rings. The van der Waals surface area contributed by atoms with E-state index in [4.69, 9.17) is 4.74 Å². The summed E-state index contributed by atoms with van der Waals surface area (Å²) in [5.41, 5.74) is 1.12. The fourth-order valence-corrected chi connectivity index (χ4v) is 4.05. The predicted octanol–water partition coefficient (Wildman–Crippen LogP) is 0.526. The smallest absolute Gasteiger partial charge is 0.225 e. The van der Waals surface area contributed by atoms with Crippen molar-refractivity contribution in [2.24, 2.45) is 5.92 Å². The molecule has 3 rings (SSSR count). The first kappa shape index (κ1) is 16.6. The van der Waals surface area contributed by atoms with E-state index in [2.05, 4.69) is 21.8 Å². The van der Waals surface area contributed by atoms with Crippen molar-refractivity contribution in [3.05, 3.63) is 18.0 Å². The summed E-state index contributed by atoms with van der Waals surface area (Å²) in [6.45, 7) is 5.21. The van der Waals surface area contributed by atoms with E-state index >= 15 is 0 Å². The van der Waals surface area contributed by atoms with Crippen molar-refractivity contribution in [3.8, 4) is 0 Å². The molecule has 7 nitrogen and oxygen atoms in total. The number of aryl methyl sites for hydroxylation is 1. The molecule has 23 heavy (non-hydrogen) atoms. The van der Waals surface area contributed by atoms with Crippen LogP contribution in [0.2, 0.25) is 0 Å². The molecule has 1 aromatic rings. The first-order chi connectivity index (χ1) is 11.0. The van der Waals surface area contributed by atoms with Crippen LogP contribution in [0.4, 0.5) is 5.95 Å². The van der Waals surface area contributed by atoms with Crippen LogP contribution in [0.3, 0.4) is 0 Å². The highest BCUT2D eigenvalue weighted by molar-refractivity contribution is 7.88. The molecule has 128 valence electrons. The molecule has 0 aromatic carbocycles. The summed E-state index contributed by atoms with van der Waals surface area (Å²) in [6.07, 6.45) is 6.70. The number of rotatable bonds is 3. The van der Waals surface area contributed by atoms with Gasteiger partial charge < -0.3 is 9.64 Å². The summed E-state index contributed by atoms with van der Waals surface area (Å²) < 4.78 is 30.9. The van der Waals surface area contributed by atoms with Gasteiger partial charge >= 0.3 is 0 Å². The molecular formula is C15H24N4O3S. The van der Waals surface area contributed by atoms with Gasteiger partial charge in [0.1, 0.15) is 0 Å². The van der Waals surface area contributed by atoms with Gasteiger partial charge in [-0.05, 0) is 18.4 Å². The molecule has 2 atom stereocenters. The second kappa shape index (κ2) is 6.70. The van der Waals surface area contributed by atoms with Gasteiger partial charge in [-0.15, -0.1) is 0 Å². The highest BCUT2D eigenvalue weighted by Gasteiger charge is 2.36. The number of hydrogen-bond donors (Lipinski definition) is 0. The van der Waals surface area contributed by atoms with E-state index in [1.54, 1.807) is 0 Å². The third-order valence-electron chi connectivity index (χ3n) is 4.66. The first-order valence-corrected chi connectivity index (χ1v) is 9.95. The normalized spacial score (nSPS) is 26.6. The summed E-state index contributed by atoms with van der Waals surface area (Å²) in [6, 6.07) is 0. The van der Waals surface area contributed by atoms with E-state index in [1.165, 1.54) is 10.6 Å². The van der Waals surface area contributed by atoms with Gasteiger partial charge in [0.05, 0.1) is 19.0 Å². The second-order valence-electron chi connectivity index (χ2n) is 6.27. The molecule has 0 aliphatic carbocycles. The van der Waals surface area contributed by atoms with Crippen molar-refractivity contribution in [1.82, 2.24) is 14.3 Å². The summed E-state index contributed by atoms with van der Waals surface area (Å²) in [5, 5.41) is 0. The van der Waals surface area contributed by atoms with Crippen LogP contribution < -0.4 is 4.90 Å². The van der Waals surface area contributed by atoms with Crippen LogP contribution in [0.5, 0.6) is 0 Å². The standard InChI is InChI=1S/C15H24N4O3S/c1-3-12-8-16-15(17-9-12)18-6-7-22-14-11-19(23(2,20)21)5-4-13(14)10-18/h8-9,13-14H,3-7,10-11H2,1-2H3/t13-,14-/m1/s1. The van der Waals surface area contributed by atoms with Crippen LogP contribution in [-0.4, -0.2) is 67.8 Å². The molecule has 3 heterocycles. The van der Waals surface area contributed by atoms with Gasteiger partial charge in [-0.25, -0.2) is 18.4 Å². The topological polar surface area (TPSA) is 75.6 Å². The SMILES string of the molecule is CCc1cnc(N2CCO[C@@H]3CN(S(C)(=O)=O)CC[C@@H]3C2)nc1. The predicted molar refractivity (Wildman–Crippen MR) is 87.9 cm³/mol. The van der Waals surface area contributed by atoms with Crippen molar-refractivity contribution < 1.29 is 13.2 Å². The second-order valence-corrected chi connectivity index (χ2v) is 8.25. The molecule has 8 heteroatoms. The summed E-state index contributed by atoms with van der Waals surface area (Å²) in [5.74, 6) is 1.04. The van der Waals surface area contributed by atoms with Gasteiger partial charge in [-0.2, -0.15) is 4.31 Å². The minimum absolute atomic E-state index is 0.0432. The quantitative estimate of drug-likeness (QED) is 0.799. The lowest BCUT2D eigenvalue weighted by Crippen LogP contribution is -2.48. The monoisotopic (exact) mass is 340 g/mol. The largest absolute Gasteiger partial charge is 0.375 e. The van der Waals surface area contributed by atoms with Crippen molar-refractivity contribution in [2.75, 3.05) is 43.9 Å². The summed E-state index contributed by atoms with van der Waals surface area (Å²) >= 11 is 0. The maximum Gasteiger partial charge on any atom is 0.225 e. The number of aromatic nitrogens is 2. The Bertz CT molecular complexity index is 635.